The zero-order chi connectivity index (χ0) is 11.5. The maximum absolute atomic E-state index is 11.6. The molecule has 15 heavy (non-hydrogen) atoms. The van der Waals surface area contributed by atoms with Gasteiger partial charge < -0.3 is 0 Å². The monoisotopic (exact) mass is 268 g/mol. The van der Waals surface area contributed by atoms with E-state index in [1.165, 1.54) is 0 Å². The molecule has 0 aliphatic carbocycles. The van der Waals surface area contributed by atoms with Crippen LogP contribution < -0.4 is 0 Å². The van der Waals surface area contributed by atoms with Crippen LogP contribution in [0, 0.1) is 0 Å². The zero-order valence-electron chi connectivity index (χ0n) is 8.47. The molecule has 86 valence electrons. The van der Waals surface area contributed by atoms with Crippen LogP contribution in [0.1, 0.15) is 19.8 Å². The Labute approximate surface area is 95.3 Å². The molecule has 0 spiro atoms. The number of rotatable bonds is 5. The second kappa shape index (κ2) is 5.13. The van der Waals surface area contributed by atoms with Gasteiger partial charge in [-0.25, -0.2) is 8.42 Å². The standard InChI is InChI=1S/C7H12N2O3S3/c1-3-4-5-14(10)6-8-9-7(13-6)15(2,11)12/h3-5H2,1-2H3. The molecule has 1 heterocycles. The Morgan fingerprint density at radius 2 is 2.07 bits per heavy atom. The minimum Gasteiger partial charge on any atom is -0.252 e. The van der Waals surface area contributed by atoms with E-state index in [-0.39, 0.29) is 4.34 Å². The Morgan fingerprint density at radius 1 is 1.40 bits per heavy atom. The first-order valence-corrected chi connectivity index (χ1v) is 8.39. The molecule has 0 fully saturated rings. The molecule has 1 rings (SSSR count). The van der Waals surface area contributed by atoms with E-state index in [1.54, 1.807) is 0 Å². The molecule has 0 radical (unpaired) electrons. The minimum absolute atomic E-state index is 0.0673. The van der Waals surface area contributed by atoms with Gasteiger partial charge in [0.15, 0.2) is 0 Å². The molecule has 0 saturated carbocycles. The van der Waals surface area contributed by atoms with Gasteiger partial charge in [-0.2, -0.15) is 0 Å². The summed E-state index contributed by atoms with van der Waals surface area (Å²) in [6, 6.07) is 0. The largest absolute Gasteiger partial charge is 0.252 e. The molecule has 0 N–H and O–H groups in total. The van der Waals surface area contributed by atoms with E-state index in [0.29, 0.717) is 10.1 Å². The molecule has 0 amide bonds. The van der Waals surface area contributed by atoms with Crippen LogP contribution >= 0.6 is 11.3 Å². The van der Waals surface area contributed by atoms with Gasteiger partial charge in [-0.05, 0) is 6.42 Å². The molecule has 0 aliphatic heterocycles. The summed E-state index contributed by atoms with van der Waals surface area (Å²) < 4.78 is 34.0. The Balaban J connectivity index is 2.81. The smallest absolute Gasteiger partial charge is 0.233 e. The summed E-state index contributed by atoms with van der Waals surface area (Å²) in [5, 5.41) is 7.13. The van der Waals surface area contributed by atoms with E-state index in [0.717, 1.165) is 30.4 Å². The molecule has 1 atom stereocenters. The first kappa shape index (κ1) is 12.7. The predicted molar refractivity (Wildman–Crippen MR) is 59.2 cm³/mol. The fourth-order valence-electron chi connectivity index (χ4n) is 0.802. The van der Waals surface area contributed by atoms with Crippen LogP contribution in [-0.4, -0.2) is 34.8 Å². The van der Waals surface area contributed by atoms with Gasteiger partial charge in [0.25, 0.3) is 0 Å². The highest BCUT2D eigenvalue weighted by atomic mass is 32.2. The molecular formula is C7H12N2O3S3. The SMILES string of the molecule is CCCCS(=O)c1nnc(S(C)(=O)=O)s1. The number of unbranched alkanes of at least 4 members (excludes halogenated alkanes) is 1. The zero-order valence-corrected chi connectivity index (χ0v) is 10.9. The van der Waals surface area contributed by atoms with Gasteiger partial charge in [0.05, 0.1) is 10.8 Å². The summed E-state index contributed by atoms with van der Waals surface area (Å²) >= 11 is 0.888. The lowest BCUT2D eigenvalue weighted by Crippen LogP contribution is -1.96. The molecule has 0 bridgehead atoms. The minimum atomic E-state index is -3.33. The second-order valence-corrected chi connectivity index (χ2v) is 7.92. The van der Waals surface area contributed by atoms with Gasteiger partial charge >= 0.3 is 0 Å². The van der Waals surface area contributed by atoms with Crippen LogP contribution in [0.4, 0.5) is 0 Å². The average Bonchev–Trinajstić information content (AvgIpc) is 2.62. The summed E-state index contributed by atoms with van der Waals surface area (Å²) in [6.45, 7) is 2.00. The lowest BCUT2D eigenvalue weighted by molar-refractivity contribution is 0.599. The van der Waals surface area contributed by atoms with Crippen molar-refractivity contribution in [2.24, 2.45) is 0 Å². The highest BCUT2D eigenvalue weighted by molar-refractivity contribution is 7.93. The summed E-state index contributed by atoms with van der Waals surface area (Å²) in [5.41, 5.74) is 0. The van der Waals surface area contributed by atoms with Gasteiger partial charge in [0, 0.05) is 12.0 Å². The number of hydrogen-bond donors (Lipinski definition) is 0. The fourth-order valence-corrected chi connectivity index (χ4v) is 4.02. The van der Waals surface area contributed by atoms with Gasteiger partial charge in [-0.1, -0.05) is 24.7 Å². The Kier molecular flexibility index (Phi) is 4.35. The fraction of sp³-hybridized carbons (Fsp3) is 0.714. The number of nitrogens with zero attached hydrogens (tertiary/aromatic N) is 2. The summed E-state index contributed by atoms with van der Waals surface area (Å²) in [7, 11) is -4.54. The van der Waals surface area contributed by atoms with Crippen LogP contribution in [0.3, 0.4) is 0 Å². The Hall–Kier alpha value is -0.340. The van der Waals surface area contributed by atoms with Gasteiger partial charge in [-0.3, -0.25) is 4.21 Å². The van der Waals surface area contributed by atoms with Gasteiger partial charge in [0.1, 0.15) is 0 Å². The lowest BCUT2D eigenvalue weighted by Gasteiger charge is -1.93. The molecular weight excluding hydrogens is 256 g/mol. The van der Waals surface area contributed by atoms with E-state index in [2.05, 4.69) is 10.2 Å². The lowest BCUT2D eigenvalue weighted by atomic mass is 10.4. The molecule has 0 aromatic carbocycles. The molecule has 1 aromatic rings. The van der Waals surface area contributed by atoms with Crippen molar-refractivity contribution in [2.45, 2.75) is 28.4 Å². The van der Waals surface area contributed by atoms with Crippen molar-refractivity contribution in [2.75, 3.05) is 12.0 Å². The second-order valence-electron chi connectivity index (χ2n) is 3.01. The van der Waals surface area contributed by atoms with E-state index in [9.17, 15) is 12.6 Å². The van der Waals surface area contributed by atoms with Crippen molar-refractivity contribution in [1.29, 1.82) is 0 Å². The van der Waals surface area contributed by atoms with E-state index in [1.807, 2.05) is 6.92 Å². The first-order chi connectivity index (χ1) is 6.95. The van der Waals surface area contributed by atoms with Gasteiger partial charge in [-0.15, -0.1) is 10.2 Å². The van der Waals surface area contributed by atoms with Crippen molar-refractivity contribution in [3.63, 3.8) is 0 Å². The van der Waals surface area contributed by atoms with Crippen molar-refractivity contribution in [3.05, 3.63) is 0 Å². The van der Waals surface area contributed by atoms with E-state index >= 15 is 0 Å². The van der Waals surface area contributed by atoms with Crippen molar-refractivity contribution in [3.8, 4) is 0 Å². The van der Waals surface area contributed by atoms with Crippen LogP contribution in [0.5, 0.6) is 0 Å². The highest BCUT2D eigenvalue weighted by Crippen LogP contribution is 2.18. The van der Waals surface area contributed by atoms with Crippen molar-refractivity contribution < 1.29 is 12.6 Å². The maximum Gasteiger partial charge on any atom is 0.233 e. The third-order valence-corrected chi connectivity index (χ3v) is 5.91. The number of aromatic nitrogens is 2. The topological polar surface area (TPSA) is 77.0 Å². The molecule has 0 aliphatic rings. The summed E-state index contributed by atoms with van der Waals surface area (Å²) in [5.74, 6) is 0.509. The third kappa shape index (κ3) is 3.62. The Bertz CT molecular complexity index is 452. The van der Waals surface area contributed by atoms with Crippen LogP contribution in [0.25, 0.3) is 0 Å². The average molecular weight is 268 g/mol. The predicted octanol–water partition coefficient (Wildman–Crippen LogP) is 0.849. The molecule has 0 saturated heterocycles. The Morgan fingerprint density at radius 3 is 2.53 bits per heavy atom. The summed E-state index contributed by atoms with van der Waals surface area (Å²) in [6.07, 6.45) is 2.84. The van der Waals surface area contributed by atoms with Crippen LogP contribution in [0.2, 0.25) is 0 Å². The number of hydrogen-bond acceptors (Lipinski definition) is 6. The normalized spacial score (nSPS) is 14.0. The highest BCUT2D eigenvalue weighted by Gasteiger charge is 2.17. The van der Waals surface area contributed by atoms with E-state index < -0.39 is 20.6 Å². The summed E-state index contributed by atoms with van der Waals surface area (Å²) in [4.78, 5) is 0. The first-order valence-electron chi connectivity index (χ1n) is 4.37. The third-order valence-electron chi connectivity index (χ3n) is 1.58. The van der Waals surface area contributed by atoms with Crippen LogP contribution in [0.15, 0.2) is 8.68 Å². The van der Waals surface area contributed by atoms with E-state index in [4.69, 9.17) is 0 Å². The maximum atomic E-state index is 11.6. The molecule has 5 nitrogen and oxygen atoms in total. The van der Waals surface area contributed by atoms with Crippen LogP contribution in [-0.2, 0) is 20.6 Å². The molecule has 1 aromatic heterocycles. The number of sulfone groups is 1. The van der Waals surface area contributed by atoms with Gasteiger partial charge in [0.2, 0.25) is 18.5 Å². The quantitative estimate of drug-likeness (QED) is 0.791. The van der Waals surface area contributed by atoms with Crippen molar-refractivity contribution in [1.82, 2.24) is 10.2 Å². The molecule has 1 unspecified atom stereocenters. The van der Waals surface area contributed by atoms with Crippen molar-refractivity contribution >= 4 is 32.0 Å². The molecule has 8 heteroatoms.